The van der Waals surface area contributed by atoms with E-state index < -0.39 is 20.7 Å². The number of amides is 1. The molecule has 3 aromatic rings. The zero-order valence-corrected chi connectivity index (χ0v) is 19.8. The van der Waals surface area contributed by atoms with E-state index in [9.17, 15) is 22.6 Å². The van der Waals surface area contributed by atoms with Crippen LogP contribution in [0, 0.1) is 0 Å². The van der Waals surface area contributed by atoms with E-state index in [1.165, 1.54) is 13.0 Å². The molecule has 3 rings (SSSR count). The van der Waals surface area contributed by atoms with Crippen LogP contribution < -0.4 is 5.32 Å². The van der Waals surface area contributed by atoms with Gasteiger partial charge in [-0.15, -0.1) is 12.6 Å². The van der Waals surface area contributed by atoms with Crippen LogP contribution in [0.4, 0.5) is 5.69 Å². The van der Waals surface area contributed by atoms with Gasteiger partial charge in [0.25, 0.3) is 16.0 Å². The van der Waals surface area contributed by atoms with Crippen molar-refractivity contribution in [1.29, 1.82) is 0 Å². The number of Topliss-reactive ketones (excluding diaryl/α,β-unsaturated/α-hetero) is 1. The van der Waals surface area contributed by atoms with E-state index in [0.29, 0.717) is 34.4 Å². The molecule has 0 saturated heterocycles. The molecule has 0 bridgehead atoms. The van der Waals surface area contributed by atoms with Crippen LogP contribution in [0.15, 0.2) is 71.6 Å². The van der Waals surface area contributed by atoms with Gasteiger partial charge in [0, 0.05) is 22.4 Å². The van der Waals surface area contributed by atoms with E-state index in [-0.39, 0.29) is 16.6 Å². The Hall–Kier alpha value is -3.67. The number of anilines is 1. The lowest BCUT2D eigenvalue weighted by Gasteiger charge is -2.11. The van der Waals surface area contributed by atoms with Crippen LogP contribution in [0.1, 0.15) is 40.1 Å². The van der Waals surface area contributed by atoms with Crippen LogP contribution in [-0.4, -0.2) is 37.3 Å². The molecule has 0 aliphatic heterocycles. The van der Waals surface area contributed by atoms with E-state index in [0.717, 1.165) is 5.56 Å². The van der Waals surface area contributed by atoms with Gasteiger partial charge in [-0.3, -0.25) is 14.1 Å². The molecule has 9 nitrogen and oxygen atoms in total. The Morgan fingerprint density at radius 1 is 0.882 bits per heavy atom. The molecule has 0 unspecified atom stereocenters. The fourth-order valence-corrected chi connectivity index (χ4v) is 3.80. The van der Waals surface area contributed by atoms with Crippen LogP contribution >= 0.6 is 0 Å². The number of rotatable bonds is 6. The van der Waals surface area contributed by atoms with Gasteiger partial charge in [-0.2, -0.15) is 8.42 Å². The Morgan fingerprint density at radius 2 is 1.41 bits per heavy atom. The largest absolute Gasteiger partial charge is 0.425 e. The molecular formula is C23H21NO8S2. The second-order valence-corrected chi connectivity index (χ2v) is 8.83. The van der Waals surface area contributed by atoms with Gasteiger partial charge in [0.05, 0.1) is 0 Å². The summed E-state index contributed by atoms with van der Waals surface area (Å²) in [6.07, 6.45) is 0.640. The van der Waals surface area contributed by atoms with Crippen molar-refractivity contribution in [3.8, 4) is 11.1 Å². The Kier molecular flexibility index (Phi) is 8.96. The maximum atomic E-state index is 12.4. The molecule has 0 saturated carbocycles. The normalized spacial score (nSPS) is 10.6. The maximum Gasteiger partial charge on any atom is 0.425 e. The van der Waals surface area contributed by atoms with Crippen molar-refractivity contribution in [1.82, 2.24) is 0 Å². The summed E-state index contributed by atoms with van der Waals surface area (Å²) in [5.74, 6) is -0.405. The van der Waals surface area contributed by atoms with Crippen molar-refractivity contribution in [3.05, 3.63) is 83.4 Å². The van der Waals surface area contributed by atoms with E-state index in [4.69, 9.17) is 12.6 Å². The molecule has 2 N–H and O–H groups in total. The zero-order chi connectivity index (χ0) is 25.5. The van der Waals surface area contributed by atoms with Gasteiger partial charge in [0.2, 0.25) is 0 Å². The van der Waals surface area contributed by atoms with E-state index in [1.54, 1.807) is 54.6 Å². The van der Waals surface area contributed by atoms with Crippen molar-refractivity contribution in [2.45, 2.75) is 25.2 Å². The molecule has 3 aromatic carbocycles. The average Bonchev–Trinajstić information content (AvgIpc) is 2.78. The van der Waals surface area contributed by atoms with Crippen LogP contribution in [0.5, 0.6) is 0 Å². The lowest BCUT2D eigenvalue weighted by molar-refractivity contribution is 0.101. The number of carbonyl (C=O) groups excluding carboxylic acids is 2. The number of nitrogens with one attached hydrogen (secondary N) is 1. The number of hydrogen-bond acceptors (Lipinski definition) is 7. The average molecular weight is 504 g/mol. The second-order valence-electron chi connectivity index (χ2n) is 7.03. The molecular weight excluding hydrogens is 482 g/mol. The van der Waals surface area contributed by atoms with Gasteiger partial charge in [-0.1, -0.05) is 43.3 Å². The van der Waals surface area contributed by atoms with Gasteiger partial charge >= 0.3 is 10.6 Å². The smallest absolute Gasteiger partial charge is 0.322 e. The molecule has 0 atom stereocenters. The highest BCUT2D eigenvalue weighted by atomic mass is 32.2. The predicted octanol–water partition coefficient (Wildman–Crippen LogP) is 3.61. The quantitative estimate of drug-likeness (QED) is 0.382. The van der Waals surface area contributed by atoms with Crippen molar-refractivity contribution >= 4 is 38.1 Å². The Bertz CT molecular complexity index is 1410. The molecule has 0 spiro atoms. The molecule has 0 aromatic heterocycles. The molecule has 34 heavy (non-hydrogen) atoms. The summed E-state index contributed by atoms with van der Waals surface area (Å²) in [5.41, 5.74) is 3.23. The fraction of sp³-hybridized carbons (Fsp3) is 0.130. The van der Waals surface area contributed by atoms with Crippen molar-refractivity contribution < 1.29 is 35.2 Å². The van der Waals surface area contributed by atoms with Gasteiger partial charge in [-0.25, -0.2) is 0 Å². The second kappa shape index (κ2) is 11.5. The van der Waals surface area contributed by atoms with Crippen LogP contribution in [0.25, 0.3) is 11.1 Å². The minimum Gasteiger partial charge on any atom is -0.322 e. The third-order valence-electron chi connectivity index (χ3n) is 4.74. The molecule has 178 valence electrons. The minimum atomic E-state index is -4.38. The number of benzene rings is 3. The van der Waals surface area contributed by atoms with Crippen LogP contribution in [0.3, 0.4) is 0 Å². The van der Waals surface area contributed by atoms with Crippen LogP contribution in [0.2, 0.25) is 0 Å². The fourth-order valence-electron chi connectivity index (χ4n) is 3.03. The zero-order valence-electron chi connectivity index (χ0n) is 18.2. The first-order valence-corrected chi connectivity index (χ1v) is 12.3. The highest BCUT2D eigenvalue weighted by molar-refractivity contribution is 7.86. The maximum absolute atomic E-state index is 12.4. The van der Waals surface area contributed by atoms with E-state index in [2.05, 4.69) is 5.32 Å². The summed E-state index contributed by atoms with van der Waals surface area (Å²) in [6, 6.07) is 17.9. The first-order valence-electron chi connectivity index (χ1n) is 9.82. The van der Waals surface area contributed by atoms with E-state index in [1.807, 2.05) is 13.0 Å². The Balaban J connectivity index is 0.000000945. The molecule has 0 aliphatic rings. The van der Waals surface area contributed by atoms with Crippen molar-refractivity contribution in [2.75, 3.05) is 5.32 Å². The number of ketones is 1. The Morgan fingerprint density at radius 3 is 1.88 bits per heavy atom. The first kappa shape index (κ1) is 26.6. The van der Waals surface area contributed by atoms with Gasteiger partial charge in [0.1, 0.15) is 4.90 Å². The summed E-state index contributed by atoms with van der Waals surface area (Å²) in [5, 5.41) is 2.76. The van der Waals surface area contributed by atoms with Gasteiger partial charge < -0.3 is 5.32 Å². The predicted molar refractivity (Wildman–Crippen MR) is 125 cm³/mol. The van der Waals surface area contributed by atoms with Crippen molar-refractivity contribution in [2.24, 2.45) is 0 Å². The summed E-state index contributed by atoms with van der Waals surface area (Å²) in [7, 11) is -7.49. The summed E-state index contributed by atoms with van der Waals surface area (Å²) >= 11 is 0. The highest BCUT2D eigenvalue weighted by Gasteiger charge is 2.17. The molecule has 0 aliphatic carbocycles. The monoisotopic (exact) mass is 503 g/mol. The number of aryl methyl sites for hydroxylation is 1. The molecule has 11 heteroatoms. The molecule has 0 fully saturated rings. The third-order valence-corrected chi connectivity index (χ3v) is 5.63. The van der Waals surface area contributed by atoms with Crippen molar-refractivity contribution in [3.63, 3.8) is 0 Å². The lowest BCUT2D eigenvalue weighted by Crippen LogP contribution is -2.12. The SMILES string of the molecule is CCc1ccc(-c2ccc(NC(=O)c3ccc(C(C)=O)cc3)cc2)c(S(=O)(=O)O)c1.O=S(=O)=O. The lowest BCUT2D eigenvalue weighted by atomic mass is 10.0. The van der Waals surface area contributed by atoms with Crippen LogP contribution in [-0.2, 0) is 27.1 Å². The molecule has 1 amide bonds. The van der Waals surface area contributed by atoms with Gasteiger partial charge in [-0.05, 0) is 54.8 Å². The highest BCUT2D eigenvalue weighted by Crippen LogP contribution is 2.29. The standard InChI is InChI=1S/C23H21NO5S.O3S/c1-3-16-4-13-21(22(14-16)30(27,28)29)18-9-11-20(12-10-18)24-23(26)19-7-5-17(6-8-19)15(2)25;1-4(2)3/h4-14H,3H2,1-2H3,(H,24,26)(H,27,28,29);. The topological polar surface area (TPSA) is 152 Å². The Labute approximate surface area is 198 Å². The van der Waals surface area contributed by atoms with E-state index >= 15 is 0 Å². The minimum absolute atomic E-state index is 0.0752. The number of carbonyl (C=O) groups is 2. The molecule has 0 radical (unpaired) electrons. The third kappa shape index (κ3) is 7.44. The number of hydrogen-bond donors (Lipinski definition) is 2. The van der Waals surface area contributed by atoms with Gasteiger partial charge in [0.15, 0.2) is 5.78 Å². The first-order chi connectivity index (χ1) is 15.9. The summed E-state index contributed by atoms with van der Waals surface area (Å²) < 4.78 is 58.5. The summed E-state index contributed by atoms with van der Waals surface area (Å²) in [4.78, 5) is 23.6. The molecule has 0 heterocycles. The summed E-state index contributed by atoms with van der Waals surface area (Å²) in [6.45, 7) is 3.35.